The van der Waals surface area contributed by atoms with Crippen molar-refractivity contribution in [1.29, 1.82) is 0 Å². The molecule has 0 aliphatic carbocycles. The summed E-state index contributed by atoms with van der Waals surface area (Å²) >= 11 is 0. The van der Waals surface area contributed by atoms with Gasteiger partial charge in [-0.05, 0) is 6.07 Å². The monoisotopic (exact) mass is 161 g/mol. The fourth-order valence-electron chi connectivity index (χ4n) is 0.806. The zero-order chi connectivity index (χ0) is 8.81. The summed E-state index contributed by atoms with van der Waals surface area (Å²) < 4.78 is 4.98. The van der Waals surface area contributed by atoms with Crippen molar-refractivity contribution in [3.8, 4) is 5.75 Å². The summed E-state index contributed by atoms with van der Waals surface area (Å²) in [5, 5.41) is 3.12. The van der Waals surface area contributed by atoms with Crippen LogP contribution in [-0.2, 0) is 0 Å². The van der Waals surface area contributed by atoms with Crippen molar-refractivity contribution in [3.63, 3.8) is 0 Å². The van der Waals surface area contributed by atoms with Crippen LogP contribution in [0, 0.1) is 12.1 Å². The Balaban J connectivity index is 2.65. The maximum absolute atomic E-state index is 4.98. The van der Waals surface area contributed by atoms with E-state index in [9.17, 15) is 0 Å². The van der Waals surface area contributed by atoms with Gasteiger partial charge >= 0.3 is 0 Å². The van der Waals surface area contributed by atoms with E-state index in [0.29, 0.717) is 5.75 Å². The summed E-state index contributed by atoms with van der Waals surface area (Å²) in [6.45, 7) is 4.34. The van der Waals surface area contributed by atoms with Crippen molar-refractivity contribution >= 4 is 5.69 Å². The van der Waals surface area contributed by atoms with Gasteiger partial charge in [-0.2, -0.15) is 0 Å². The molecule has 0 radical (unpaired) electrons. The van der Waals surface area contributed by atoms with Gasteiger partial charge in [0, 0.05) is 24.4 Å². The van der Waals surface area contributed by atoms with Crippen molar-refractivity contribution in [2.45, 2.75) is 0 Å². The van der Waals surface area contributed by atoms with Crippen molar-refractivity contribution in [2.24, 2.45) is 0 Å². The van der Waals surface area contributed by atoms with E-state index in [0.717, 1.165) is 12.2 Å². The minimum Gasteiger partial charge on any atom is -0.489 e. The molecule has 12 heavy (non-hydrogen) atoms. The number of methoxy groups -OCH3 is 1. The van der Waals surface area contributed by atoms with Gasteiger partial charge in [0.25, 0.3) is 0 Å². The first kappa shape index (κ1) is 8.48. The predicted octanol–water partition coefficient (Wildman–Crippen LogP) is 1.89. The van der Waals surface area contributed by atoms with Crippen LogP contribution >= 0.6 is 0 Å². The molecule has 1 N–H and O–H groups in total. The van der Waals surface area contributed by atoms with Gasteiger partial charge in [0.2, 0.25) is 0 Å². The number of hydrogen-bond donors (Lipinski definition) is 1. The largest absolute Gasteiger partial charge is 0.489 e. The quantitative estimate of drug-likeness (QED) is 0.681. The fraction of sp³-hybridized carbons (Fsp3) is 0.200. The van der Waals surface area contributed by atoms with Gasteiger partial charge in [-0.15, -0.1) is 6.58 Å². The molecule has 0 fully saturated rings. The van der Waals surface area contributed by atoms with Crippen molar-refractivity contribution in [1.82, 2.24) is 0 Å². The van der Waals surface area contributed by atoms with Gasteiger partial charge in [0.05, 0.1) is 7.11 Å². The molecule has 1 aromatic carbocycles. The van der Waals surface area contributed by atoms with Crippen molar-refractivity contribution in [3.05, 3.63) is 36.9 Å². The third-order valence-electron chi connectivity index (χ3n) is 1.38. The molecule has 0 aliphatic rings. The maximum Gasteiger partial charge on any atom is 0.171 e. The Bertz CT molecular complexity index is 258. The van der Waals surface area contributed by atoms with E-state index in [4.69, 9.17) is 4.74 Å². The topological polar surface area (TPSA) is 21.3 Å². The minimum absolute atomic E-state index is 0.684. The van der Waals surface area contributed by atoms with Crippen LogP contribution in [-0.4, -0.2) is 13.7 Å². The Hall–Kier alpha value is -1.62. The number of nitrogens with one attached hydrogen (secondary N) is 1. The number of rotatable bonds is 4. The average Bonchev–Trinajstić information content (AvgIpc) is 2.15. The van der Waals surface area contributed by atoms with E-state index in [1.165, 1.54) is 0 Å². The van der Waals surface area contributed by atoms with Crippen LogP contribution in [0.4, 0.5) is 5.69 Å². The minimum atomic E-state index is 0.684. The second-order valence-electron chi connectivity index (χ2n) is 2.25. The molecule has 62 valence electrons. The standard InChI is InChI=1S/C10H11NO/c1-3-7-11-9-5-4-6-10(8-9)12-2/h3,5,8,11H,1,7H2,2H3. The summed E-state index contributed by atoms with van der Waals surface area (Å²) in [5.74, 6) is 0.684. The van der Waals surface area contributed by atoms with E-state index in [2.05, 4.69) is 24.0 Å². The normalized spacial score (nSPS) is 8.42. The highest BCUT2D eigenvalue weighted by Crippen LogP contribution is 2.12. The number of ether oxygens (including phenoxy) is 1. The predicted molar refractivity (Wildman–Crippen MR) is 49.4 cm³/mol. The highest BCUT2D eigenvalue weighted by Gasteiger charge is 1.90. The lowest BCUT2D eigenvalue weighted by atomic mass is 10.3. The molecule has 0 heterocycles. The Morgan fingerprint density at radius 2 is 2.58 bits per heavy atom. The van der Waals surface area contributed by atoms with Crippen molar-refractivity contribution < 1.29 is 4.74 Å². The number of anilines is 1. The van der Waals surface area contributed by atoms with Gasteiger partial charge in [0.1, 0.15) is 0 Å². The molecule has 0 spiro atoms. The van der Waals surface area contributed by atoms with Gasteiger partial charge in [-0.3, -0.25) is 0 Å². The van der Waals surface area contributed by atoms with Crippen LogP contribution in [0.1, 0.15) is 0 Å². The lowest BCUT2D eigenvalue weighted by Crippen LogP contribution is -1.96. The Morgan fingerprint density at radius 1 is 1.75 bits per heavy atom. The molecule has 2 heteroatoms. The molecule has 0 amide bonds. The third kappa shape index (κ3) is 2.21. The van der Waals surface area contributed by atoms with E-state index in [-0.39, 0.29) is 0 Å². The fourth-order valence-corrected chi connectivity index (χ4v) is 0.806. The van der Waals surface area contributed by atoms with Gasteiger partial charge in [-0.25, -0.2) is 0 Å². The molecule has 1 rings (SSSR count). The molecule has 2 nitrogen and oxygen atoms in total. The van der Waals surface area contributed by atoms with Gasteiger partial charge in [-0.1, -0.05) is 12.1 Å². The van der Waals surface area contributed by atoms with E-state index >= 15 is 0 Å². The highest BCUT2D eigenvalue weighted by atomic mass is 16.5. The Morgan fingerprint density at radius 3 is 3.25 bits per heavy atom. The van der Waals surface area contributed by atoms with Crippen LogP contribution in [0.5, 0.6) is 5.75 Å². The third-order valence-corrected chi connectivity index (χ3v) is 1.38. The molecule has 1 aromatic rings. The average molecular weight is 161 g/mol. The second-order valence-corrected chi connectivity index (χ2v) is 2.25. The molecule has 0 atom stereocenters. The molecule has 0 saturated carbocycles. The Kier molecular flexibility index (Phi) is 3.04. The maximum atomic E-state index is 4.98. The highest BCUT2D eigenvalue weighted by molar-refractivity contribution is 5.45. The first-order valence-electron chi connectivity index (χ1n) is 3.69. The van der Waals surface area contributed by atoms with Crippen LogP contribution in [0.3, 0.4) is 0 Å². The van der Waals surface area contributed by atoms with Gasteiger partial charge in [0.15, 0.2) is 5.75 Å². The van der Waals surface area contributed by atoms with E-state index in [1.807, 2.05) is 12.1 Å². The summed E-state index contributed by atoms with van der Waals surface area (Å²) in [6, 6.07) is 9.34. The SMILES string of the molecule is C=CCNc1cc#cc(OC)c1. The van der Waals surface area contributed by atoms with E-state index in [1.54, 1.807) is 13.2 Å². The molecule has 0 aliphatic heterocycles. The van der Waals surface area contributed by atoms with Crippen LogP contribution in [0.2, 0.25) is 0 Å². The lowest BCUT2D eigenvalue weighted by Gasteiger charge is -2.01. The molecule has 0 saturated heterocycles. The smallest absolute Gasteiger partial charge is 0.171 e. The molecular weight excluding hydrogens is 150 g/mol. The molecule has 0 unspecified atom stereocenters. The zero-order valence-corrected chi connectivity index (χ0v) is 7.05. The summed E-state index contributed by atoms with van der Waals surface area (Å²) in [5.41, 5.74) is 0.963. The lowest BCUT2D eigenvalue weighted by molar-refractivity contribution is 0.415. The van der Waals surface area contributed by atoms with Crippen LogP contribution in [0.15, 0.2) is 24.8 Å². The van der Waals surface area contributed by atoms with Crippen LogP contribution in [0.25, 0.3) is 0 Å². The summed E-state index contributed by atoms with van der Waals surface area (Å²) in [7, 11) is 1.61. The first-order chi connectivity index (χ1) is 5.86. The Labute approximate surface area is 72.9 Å². The number of hydrogen-bond acceptors (Lipinski definition) is 2. The molecule has 0 aromatic heterocycles. The first-order valence-corrected chi connectivity index (χ1v) is 3.69. The van der Waals surface area contributed by atoms with E-state index < -0.39 is 0 Å². The summed E-state index contributed by atoms with van der Waals surface area (Å²) in [6.07, 6.45) is 1.79. The van der Waals surface area contributed by atoms with Crippen LogP contribution < -0.4 is 10.1 Å². The zero-order valence-electron chi connectivity index (χ0n) is 7.05. The molecule has 0 bridgehead atoms. The summed E-state index contributed by atoms with van der Waals surface area (Å²) in [4.78, 5) is 0. The van der Waals surface area contributed by atoms with Crippen molar-refractivity contribution in [2.75, 3.05) is 19.0 Å². The van der Waals surface area contributed by atoms with Gasteiger partial charge < -0.3 is 10.1 Å². The molecular formula is C10H11NO. The second kappa shape index (κ2) is 4.30.